The van der Waals surface area contributed by atoms with Crippen LogP contribution in [0, 0.1) is 13.8 Å². The minimum atomic E-state index is -0.0283. The van der Waals surface area contributed by atoms with E-state index in [1.807, 2.05) is 42.5 Å². The summed E-state index contributed by atoms with van der Waals surface area (Å²) in [7, 11) is 0. The van der Waals surface area contributed by atoms with Crippen molar-refractivity contribution < 1.29 is 0 Å². The molecule has 0 saturated heterocycles. The molecule has 0 saturated carbocycles. The fourth-order valence-corrected chi connectivity index (χ4v) is 2.54. The number of H-pyrrole nitrogens is 1. The number of benzene rings is 2. The molecule has 0 atom stereocenters. The summed E-state index contributed by atoms with van der Waals surface area (Å²) < 4.78 is 0. The number of aromatic nitrogens is 1. The van der Waals surface area contributed by atoms with Crippen LogP contribution in [0.25, 0.3) is 22.0 Å². The molecule has 94 valence electrons. The summed E-state index contributed by atoms with van der Waals surface area (Å²) in [5, 5.41) is 1.77. The number of pyridine rings is 1. The van der Waals surface area contributed by atoms with Gasteiger partial charge in [-0.25, -0.2) is 0 Å². The second kappa shape index (κ2) is 4.39. The highest BCUT2D eigenvalue weighted by molar-refractivity contribution is 5.89. The Kier molecular flexibility index (Phi) is 2.71. The highest BCUT2D eigenvalue weighted by atomic mass is 16.1. The fourth-order valence-electron chi connectivity index (χ4n) is 2.54. The second-order valence-electron chi connectivity index (χ2n) is 4.81. The molecule has 2 nitrogen and oxygen atoms in total. The molecule has 0 aliphatic carbocycles. The van der Waals surface area contributed by atoms with Crippen molar-refractivity contribution in [2.75, 3.05) is 0 Å². The van der Waals surface area contributed by atoms with Gasteiger partial charge in [-0.1, -0.05) is 42.5 Å². The van der Waals surface area contributed by atoms with Crippen LogP contribution in [-0.4, -0.2) is 4.98 Å². The van der Waals surface area contributed by atoms with Gasteiger partial charge in [0.15, 0.2) is 0 Å². The minimum Gasteiger partial charge on any atom is -0.321 e. The predicted molar refractivity (Wildman–Crippen MR) is 79.5 cm³/mol. The molecule has 2 aromatic carbocycles. The molecule has 3 aromatic rings. The van der Waals surface area contributed by atoms with Crippen molar-refractivity contribution in [2.24, 2.45) is 0 Å². The normalized spacial score (nSPS) is 10.8. The van der Waals surface area contributed by atoms with Gasteiger partial charge in [-0.3, -0.25) is 4.79 Å². The van der Waals surface area contributed by atoms with Gasteiger partial charge in [0.05, 0.1) is 5.69 Å². The summed E-state index contributed by atoms with van der Waals surface area (Å²) >= 11 is 0. The zero-order chi connectivity index (χ0) is 13.4. The number of aryl methyl sites for hydroxylation is 2. The molecule has 1 N–H and O–H groups in total. The van der Waals surface area contributed by atoms with Crippen LogP contribution in [0.1, 0.15) is 11.1 Å². The third kappa shape index (κ3) is 1.85. The third-order valence-corrected chi connectivity index (χ3v) is 3.60. The van der Waals surface area contributed by atoms with Crippen molar-refractivity contribution in [3.8, 4) is 11.3 Å². The van der Waals surface area contributed by atoms with Crippen LogP contribution < -0.4 is 5.56 Å². The summed E-state index contributed by atoms with van der Waals surface area (Å²) in [6, 6.07) is 15.8. The maximum Gasteiger partial charge on any atom is 0.256 e. The van der Waals surface area contributed by atoms with Crippen molar-refractivity contribution in [2.45, 2.75) is 13.8 Å². The maximum absolute atomic E-state index is 12.2. The lowest BCUT2D eigenvalue weighted by atomic mass is 9.98. The predicted octanol–water partition coefficient (Wildman–Crippen LogP) is 3.81. The first-order valence-corrected chi connectivity index (χ1v) is 6.36. The Hall–Kier alpha value is -2.35. The molecule has 0 spiro atoms. The first-order valence-electron chi connectivity index (χ1n) is 6.36. The van der Waals surface area contributed by atoms with Crippen LogP contribution in [-0.2, 0) is 0 Å². The van der Waals surface area contributed by atoms with Gasteiger partial charge in [-0.05, 0) is 36.4 Å². The minimum absolute atomic E-state index is 0.0283. The van der Waals surface area contributed by atoms with Gasteiger partial charge in [0.25, 0.3) is 5.56 Å². The van der Waals surface area contributed by atoms with E-state index < -0.39 is 0 Å². The zero-order valence-corrected chi connectivity index (χ0v) is 11.0. The van der Waals surface area contributed by atoms with E-state index >= 15 is 0 Å². The SMILES string of the molecule is Cc1ccccc1-c1[nH]c(=O)c2ccccc2c1C. The van der Waals surface area contributed by atoms with Crippen molar-refractivity contribution in [1.29, 1.82) is 0 Å². The van der Waals surface area contributed by atoms with Crippen LogP contribution in [0.2, 0.25) is 0 Å². The Balaban J connectivity index is 2.41. The van der Waals surface area contributed by atoms with E-state index in [2.05, 4.69) is 24.9 Å². The number of aromatic amines is 1. The summed E-state index contributed by atoms with van der Waals surface area (Å²) in [6.07, 6.45) is 0. The molecule has 0 aliphatic rings. The Morgan fingerprint density at radius 3 is 2.21 bits per heavy atom. The van der Waals surface area contributed by atoms with E-state index in [9.17, 15) is 4.79 Å². The number of nitrogens with one attached hydrogen (secondary N) is 1. The van der Waals surface area contributed by atoms with Crippen LogP contribution >= 0.6 is 0 Å². The van der Waals surface area contributed by atoms with Crippen molar-refractivity contribution >= 4 is 10.8 Å². The highest BCUT2D eigenvalue weighted by Crippen LogP contribution is 2.27. The van der Waals surface area contributed by atoms with E-state index in [1.54, 1.807) is 0 Å². The van der Waals surface area contributed by atoms with Gasteiger partial charge in [-0.15, -0.1) is 0 Å². The Labute approximate surface area is 111 Å². The van der Waals surface area contributed by atoms with E-state index in [1.165, 1.54) is 0 Å². The van der Waals surface area contributed by atoms with Gasteiger partial charge in [0.1, 0.15) is 0 Å². The van der Waals surface area contributed by atoms with E-state index in [0.29, 0.717) is 0 Å². The molecular formula is C17H15NO. The smallest absolute Gasteiger partial charge is 0.256 e. The molecule has 0 fully saturated rings. The molecule has 0 aliphatic heterocycles. The molecule has 19 heavy (non-hydrogen) atoms. The Morgan fingerprint density at radius 2 is 1.47 bits per heavy atom. The molecule has 0 amide bonds. The monoisotopic (exact) mass is 249 g/mol. The molecule has 2 heteroatoms. The van der Waals surface area contributed by atoms with Crippen molar-refractivity contribution in [3.05, 3.63) is 70.0 Å². The third-order valence-electron chi connectivity index (χ3n) is 3.60. The fraction of sp³-hybridized carbons (Fsp3) is 0.118. The Morgan fingerprint density at radius 1 is 0.842 bits per heavy atom. The summed E-state index contributed by atoms with van der Waals surface area (Å²) in [4.78, 5) is 15.2. The van der Waals surface area contributed by atoms with Gasteiger partial charge in [0.2, 0.25) is 0 Å². The summed E-state index contributed by atoms with van der Waals surface area (Å²) in [5.41, 5.74) is 4.25. The number of rotatable bonds is 1. The molecule has 1 aromatic heterocycles. The maximum atomic E-state index is 12.2. The first kappa shape index (κ1) is 11.7. The zero-order valence-electron chi connectivity index (χ0n) is 11.0. The molecule has 3 rings (SSSR count). The van der Waals surface area contributed by atoms with Crippen molar-refractivity contribution in [1.82, 2.24) is 4.98 Å². The quantitative estimate of drug-likeness (QED) is 0.699. The molecule has 0 radical (unpaired) electrons. The van der Waals surface area contributed by atoms with Gasteiger partial charge in [-0.2, -0.15) is 0 Å². The van der Waals surface area contributed by atoms with E-state index in [0.717, 1.165) is 33.2 Å². The molecule has 0 unspecified atom stereocenters. The van der Waals surface area contributed by atoms with Crippen LogP contribution in [0.3, 0.4) is 0 Å². The molecule has 1 heterocycles. The highest BCUT2D eigenvalue weighted by Gasteiger charge is 2.10. The van der Waals surface area contributed by atoms with E-state index in [4.69, 9.17) is 0 Å². The van der Waals surface area contributed by atoms with Gasteiger partial charge in [0, 0.05) is 10.9 Å². The van der Waals surface area contributed by atoms with Crippen molar-refractivity contribution in [3.63, 3.8) is 0 Å². The number of hydrogen-bond donors (Lipinski definition) is 1. The lowest BCUT2D eigenvalue weighted by molar-refractivity contribution is 1.23. The number of hydrogen-bond acceptors (Lipinski definition) is 1. The second-order valence-corrected chi connectivity index (χ2v) is 4.81. The largest absolute Gasteiger partial charge is 0.321 e. The van der Waals surface area contributed by atoms with Crippen LogP contribution in [0.4, 0.5) is 0 Å². The topological polar surface area (TPSA) is 32.9 Å². The first-order chi connectivity index (χ1) is 9.18. The standard InChI is InChI=1S/C17H15NO/c1-11-7-3-4-8-13(11)16-12(2)14-9-5-6-10-15(14)17(19)18-16/h3-10H,1-2H3,(H,18,19). The number of fused-ring (bicyclic) bond motifs is 1. The van der Waals surface area contributed by atoms with Gasteiger partial charge >= 0.3 is 0 Å². The Bertz CT molecular complexity index is 815. The average molecular weight is 249 g/mol. The lowest BCUT2D eigenvalue weighted by Gasteiger charge is -2.11. The van der Waals surface area contributed by atoms with Gasteiger partial charge < -0.3 is 4.98 Å². The summed E-state index contributed by atoms with van der Waals surface area (Å²) in [6.45, 7) is 4.11. The lowest BCUT2D eigenvalue weighted by Crippen LogP contribution is -2.09. The van der Waals surface area contributed by atoms with Crippen LogP contribution in [0.5, 0.6) is 0 Å². The summed E-state index contributed by atoms with van der Waals surface area (Å²) in [5.74, 6) is 0. The average Bonchev–Trinajstić information content (AvgIpc) is 2.44. The van der Waals surface area contributed by atoms with Crippen LogP contribution in [0.15, 0.2) is 53.3 Å². The molecular weight excluding hydrogens is 234 g/mol. The molecule has 0 bridgehead atoms. The van der Waals surface area contributed by atoms with E-state index in [-0.39, 0.29) is 5.56 Å².